The molecule has 1 aliphatic carbocycles. The summed E-state index contributed by atoms with van der Waals surface area (Å²) in [7, 11) is 0. The molecule has 2 aromatic heterocycles. The Hall–Kier alpha value is -3.10. The molecule has 0 unspecified atom stereocenters. The van der Waals surface area contributed by atoms with Gasteiger partial charge in [-0.15, -0.1) is 0 Å². The molecule has 2 N–H and O–H groups in total. The highest BCUT2D eigenvalue weighted by molar-refractivity contribution is 6.07. The second-order valence-corrected chi connectivity index (χ2v) is 8.77. The van der Waals surface area contributed by atoms with Crippen molar-refractivity contribution in [3.05, 3.63) is 54.0 Å². The first kappa shape index (κ1) is 21.7. The van der Waals surface area contributed by atoms with E-state index < -0.39 is 5.82 Å². The van der Waals surface area contributed by atoms with Gasteiger partial charge in [-0.3, -0.25) is 9.69 Å². The summed E-state index contributed by atoms with van der Waals surface area (Å²) in [4.78, 5) is 24.4. The van der Waals surface area contributed by atoms with E-state index in [9.17, 15) is 14.3 Å². The molecule has 1 amide bonds. The Labute approximate surface area is 191 Å². The van der Waals surface area contributed by atoms with E-state index in [0.29, 0.717) is 47.2 Å². The minimum absolute atomic E-state index is 0.0829. The second-order valence-electron chi connectivity index (χ2n) is 8.77. The van der Waals surface area contributed by atoms with Crippen LogP contribution in [-0.4, -0.2) is 63.8 Å². The molecule has 1 atom stereocenters. The molecule has 8 heteroatoms. The monoisotopic (exact) mass is 450 g/mol. The summed E-state index contributed by atoms with van der Waals surface area (Å²) >= 11 is 0. The zero-order valence-electron chi connectivity index (χ0n) is 18.5. The lowest BCUT2D eigenvalue weighted by molar-refractivity contribution is 0.0777. The van der Waals surface area contributed by atoms with Gasteiger partial charge < -0.3 is 15.2 Å². The molecule has 33 heavy (non-hydrogen) atoms. The normalized spacial score (nSPS) is 22.8. The third-order valence-corrected chi connectivity index (χ3v) is 6.50. The topological polar surface area (TPSA) is 87.6 Å². The lowest BCUT2D eigenvalue weighted by atomic mass is 9.85. The molecule has 3 heterocycles. The van der Waals surface area contributed by atoms with Crippen molar-refractivity contribution in [1.82, 2.24) is 20.2 Å². The number of carbonyl (C=O) groups is 1. The van der Waals surface area contributed by atoms with Gasteiger partial charge >= 0.3 is 0 Å². The van der Waals surface area contributed by atoms with Gasteiger partial charge in [-0.05, 0) is 50.5 Å². The Bertz CT molecular complexity index is 1160. The number of pyridine rings is 2. The zero-order valence-corrected chi connectivity index (χ0v) is 18.5. The third-order valence-electron chi connectivity index (χ3n) is 6.50. The molecule has 0 spiro atoms. The van der Waals surface area contributed by atoms with Gasteiger partial charge in [-0.2, -0.15) is 0 Å². The molecule has 172 valence electrons. The largest absolute Gasteiger partial charge is 0.478 e. The highest BCUT2D eigenvalue weighted by Crippen LogP contribution is 2.30. The average Bonchev–Trinajstić information content (AvgIpc) is 3.21. The Morgan fingerprint density at radius 1 is 1.27 bits per heavy atom. The first-order valence-electron chi connectivity index (χ1n) is 11.4. The molecule has 1 aromatic carbocycles. The number of ether oxygens (including phenoxy) is 1. The van der Waals surface area contributed by atoms with Crippen LogP contribution in [-0.2, 0) is 0 Å². The van der Waals surface area contributed by atoms with Gasteiger partial charge in [0.2, 0.25) is 5.88 Å². The minimum atomic E-state index is -0.405. The van der Waals surface area contributed by atoms with Gasteiger partial charge in [0, 0.05) is 54.5 Å². The number of carbonyl (C=O) groups excluding carboxylic acids is 1. The van der Waals surface area contributed by atoms with Crippen LogP contribution in [0.25, 0.3) is 22.2 Å². The fraction of sp³-hybridized carbons (Fsp3) is 0.400. The molecule has 1 saturated heterocycles. The van der Waals surface area contributed by atoms with Crippen LogP contribution in [0.2, 0.25) is 0 Å². The number of aromatic nitrogens is 2. The summed E-state index contributed by atoms with van der Waals surface area (Å²) in [5.41, 5.74) is 2.15. The van der Waals surface area contributed by atoms with Crippen LogP contribution in [0, 0.1) is 5.82 Å². The Balaban J connectivity index is 1.38. The molecule has 2 aliphatic rings. The number of benzene rings is 1. The van der Waals surface area contributed by atoms with Crippen molar-refractivity contribution in [3.8, 4) is 17.1 Å². The number of fused-ring (bicyclic) bond motifs is 1. The Kier molecular flexibility index (Phi) is 5.95. The van der Waals surface area contributed by atoms with E-state index in [1.54, 1.807) is 24.4 Å². The van der Waals surface area contributed by atoms with E-state index in [4.69, 9.17) is 4.74 Å². The number of amides is 1. The number of nitrogens with zero attached hydrogens (tertiary/aromatic N) is 3. The van der Waals surface area contributed by atoms with Crippen molar-refractivity contribution in [3.63, 3.8) is 0 Å². The van der Waals surface area contributed by atoms with Crippen LogP contribution in [0.15, 0.2) is 42.6 Å². The molecular weight excluding hydrogens is 423 g/mol. The summed E-state index contributed by atoms with van der Waals surface area (Å²) in [5.74, 6) is -0.0897. The molecule has 1 aliphatic heterocycles. The van der Waals surface area contributed by atoms with E-state index in [2.05, 4.69) is 20.2 Å². The lowest BCUT2D eigenvalue weighted by Crippen LogP contribution is -2.53. The lowest BCUT2D eigenvalue weighted by Gasteiger charge is -2.41. The van der Waals surface area contributed by atoms with Crippen LogP contribution in [0.4, 0.5) is 4.39 Å². The van der Waals surface area contributed by atoms with Crippen molar-refractivity contribution >= 4 is 16.8 Å². The smallest absolute Gasteiger partial charge is 0.252 e. The van der Waals surface area contributed by atoms with Crippen LogP contribution in [0.1, 0.15) is 36.5 Å². The summed E-state index contributed by atoms with van der Waals surface area (Å²) < 4.78 is 19.3. The van der Waals surface area contributed by atoms with Crippen molar-refractivity contribution in [2.75, 3.05) is 19.7 Å². The van der Waals surface area contributed by atoms with Crippen molar-refractivity contribution in [1.29, 1.82) is 0 Å². The van der Waals surface area contributed by atoms with E-state index in [1.165, 1.54) is 12.1 Å². The molecule has 0 bridgehead atoms. The standard InChI is InChI=1S/C25H27FN4O3/c1-2-33-24-6-3-15(13-27-24)22-12-21(20-5-4-16(26)9-23(20)29-22)25(32)28-17-10-18(11-17)30-8-7-19(31)14-30/h3-6,9,12-13,17-19,31H,2,7-8,10-11,14H2,1H3,(H,28,32)/t17?,18?,19-/m0/s1. The Morgan fingerprint density at radius 3 is 2.82 bits per heavy atom. The molecule has 1 saturated carbocycles. The molecular formula is C25H27FN4O3. The number of hydrogen-bond donors (Lipinski definition) is 2. The van der Waals surface area contributed by atoms with Gasteiger partial charge in [0.15, 0.2) is 0 Å². The number of aliphatic hydroxyl groups is 1. The number of likely N-dealkylation sites (tertiary alicyclic amines) is 1. The maximum absolute atomic E-state index is 13.9. The molecule has 5 rings (SSSR count). The number of aliphatic hydroxyl groups excluding tert-OH is 1. The van der Waals surface area contributed by atoms with Crippen molar-refractivity contribution < 1.29 is 19.0 Å². The van der Waals surface area contributed by atoms with Gasteiger partial charge in [0.05, 0.1) is 29.5 Å². The predicted molar refractivity (Wildman–Crippen MR) is 123 cm³/mol. The average molecular weight is 451 g/mol. The number of β-amino-alcohol motifs (C(OH)–C–C–N with tert-alkyl or cyclic N) is 1. The van der Waals surface area contributed by atoms with Crippen LogP contribution < -0.4 is 10.1 Å². The maximum Gasteiger partial charge on any atom is 0.252 e. The van der Waals surface area contributed by atoms with Crippen molar-refractivity contribution in [2.24, 2.45) is 0 Å². The second kappa shape index (κ2) is 9.03. The molecule has 2 fully saturated rings. The highest BCUT2D eigenvalue weighted by Gasteiger charge is 2.37. The predicted octanol–water partition coefficient (Wildman–Crippen LogP) is 3.16. The van der Waals surface area contributed by atoms with Crippen LogP contribution in [0.3, 0.4) is 0 Å². The summed E-state index contributed by atoms with van der Waals surface area (Å²) in [5, 5.41) is 13.5. The van der Waals surface area contributed by atoms with Gasteiger partial charge in [-0.1, -0.05) is 0 Å². The molecule has 0 radical (unpaired) electrons. The number of halogens is 1. The Morgan fingerprint density at radius 2 is 2.12 bits per heavy atom. The fourth-order valence-corrected chi connectivity index (χ4v) is 4.67. The van der Waals surface area contributed by atoms with Crippen LogP contribution >= 0.6 is 0 Å². The molecule has 7 nitrogen and oxygen atoms in total. The summed E-state index contributed by atoms with van der Waals surface area (Å²) in [6.45, 7) is 4.03. The first-order valence-corrected chi connectivity index (χ1v) is 11.4. The van der Waals surface area contributed by atoms with E-state index in [-0.39, 0.29) is 18.1 Å². The van der Waals surface area contributed by atoms with E-state index in [0.717, 1.165) is 31.4 Å². The van der Waals surface area contributed by atoms with Gasteiger partial charge in [0.25, 0.3) is 5.91 Å². The van der Waals surface area contributed by atoms with Gasteiger partial charge in [0.1, 0.15) is 5.82 Å². The van der Waals surface area contributed by atoms with E-state index in [1.807, 2.05) is 13.0 Å². The molecule has 3 aromatic rings. The summed E-state index contributed by atoms with van der Waals surface area (Å²) in [6.07, 6.45) is 3.95. The summed E-state index contributed by atoms with van der Waals surface area (Å²) in [6, 6.07) is 10.1. The fourth-order valence-electron chi connectivity index (χ4n) is 4.67. The minimum Gasteiger partial charge on any atom is -0.478 e. The van der Waals surface area contributed by atoms with Gasteiger partial charge in [-0.25, -0.2) is 14.4 Å². The van der Waals surface area contributed by atoms with Crippen LogP contribution in [0.5, 0.6) is 5.88 Å². The highest BCUT2D eigenvalue weighted by atomic mass is 19.1. The van der Waals surface area contributed by atoms with Crippen molar-refractivity contribution in [2.45, 2.75) is 44.4 Å². The maximum atomic E-state index is 13.9. The zero-order chi connectivity index (χ0) is 22.9. The van der Waals surface area contributed by atoms with E-state index >= 15 is 0 Å². The number of rotatable bonds is 6. The quantitative estimate of drug-likeness (QED) is 0.600. The number of nitrogens with one attached hydrogen (secondary N) is 1. The first-order chi connectivity index (χ1) is 16.0. The number of hydrogen-bond acceptors (Lipinski definition) is 6. The third kappa shape index (κ3) is 4.54. The SMILES string of the molecule is CCOc1ccc(-c2cc(C(=O)NC3CC(N4CC[C@H](O)C4)C3)c3ccc(F)cc3n2)cn1.